The van der Waals surface area contributed by atoms with Crippen LogP contribution in [0.1, 0.15) is 37.3 Å². The lowest BCUT2D eigenvalue weighted by Gasteiger charge is -2.13. The molecule has 0 saturated carbocycles. The molecule has 2 rings (SSSR count). The zero-order valence-electron chi connectivity index (χ0n) is 13.0. The van der Waals surface area contributed by atoms with Gasteiger partial charge in [-0.1, -0.05) is 67.1 Å². The van der Waals surface area contributed by atoms with Crippen molar-refractivity contribution >= 4 is 0 Å². The summed E-state index contributed by atoms with van der Waals surface area (Å²) in [6.07, 6.45) is 6.14. The molecule has 0 aromatic heterocycles. The summed E-state index contributed by atoms with van der Waals surface area (Å²) in [6.45, 7) is 3.04. The molecule has 0 heterocycles. The summed E-state index contributed by atoms with van der Waals surface area (Å²) in [5.74, 6) is 0. The molecule has 1 heteroatoms. The molecular formula is C20H26O. The third-order valence-electron chi connectivity index (χ3n) is 3.72. The van der Waals surface area contributed by atoms with Crippen molar-refractivity contribution in [1.29, 1.82) is 0 Å². The highest BCUT2D eigenvalue weighted by atomic mass is 16.5. The minimum atomic E-state index is 0.307. The maximum Gasteiger partial charge on any atom is 0.0587 e. The van der Waals surface area contributed by atoms with Crippen LogP contribution in [0.2, 0.25) is 0 Å². The Morgan fingerprint density at radius 2 is 1.38 bits per heavy atom. The van der Waals surface area contributed by atoms with E-state index in [0.29, 0.717) is 6.10 Å². The lowest BCUT2D eigenvalue weighted by Crippen LogP contribution is -2.12. The zero-order chi connectivity index (χ0) is 14.8. The van der Waals surface area contributed by atoms with Gasteiger partial charge in [0.1, 0.15) is 0 Å². The minimum absolute atomic E-state index is 0.307. The molecule has 0 N–H and O–H groups in total. The fourth-order valence-corrected chi connectivity index (χ4v) is 2.54. The smallest absolute Gasteiger partial charge is 0.0587 e. The number of aryl methyl sites for hydroxylation is 1. The van der Waals surface area contributed by atoms with Gasteiger partial charge in [-0.3, -0.25) is 0 Å². The Kier molecular flexibility index (Phi) is 7.03. The van der Waals surface area contributed by atoms with Gasteiger partial charge >= 0.3 is 0 Å². The zero-order valence-corrected chi connectivity index (χ0v) is 13.0. The van der Waals surface area contributed by atoms with Crippen molar-refractivity contribution in [1.82, 2.24) is 0 Å². The first-order valence-corrected chi connectivity index (χ1v) is 8.04. The van der Waals surface area contributed by atoms with Gasteiger partial charge in [0.25, 0.3) is 0 Å². The summed E-state index contributed by atoms with van der Waals surface area (Å²) in [7, 11) is 0. The summed E-state index contributed by atoms with van der Waals surface area (Å²) < 4.78 is 5.90. The van der Waals surface area contributed by atoms with Crippen LogP contribution in [0.4, 0.5) is 0 Å². The molecule has 2 aromatic rings. The first-order valence-electron chi connectivity index (χ1n) is 8.04. The van der Waals surface area contributed by atoms with Gasteiger partial charge in [-0.2, -0.15) is 0 Å². The Morgan fingerprint density at radius 1 is 0.762 bits per heavy atom. The number of hydrogen-bond acceptors (Lipinski definition) is 1. The van der Waals surface area contributed by atoms with Crippen LogP contribution < -0.4 is 0 Å². The maximum absolute atomic E-state index is 5.90. The number of rotatable bonds is 9. The second-order valence-corrected chi connectivity index (χ2v) is 5.67. The van der Waals surface area contributed by atoms with Crippen molar-refractivity contribution in [2.24, 2.45) is 0 Å². The highest BCUT2D eigenvalue weighted by Crippen LogP contribution is 2.09. The highest BCUT2D eigenvalue weighted by molar-refractivity contribution is 5.15. The van der Waals surface area contributed by atoms with Gasteiger partial charge in [0.15, 0.2) is 0 Å². The van der Waals surface area contributed by atoms with E-state index >= 15 is 0 Å². The number of benzene rings is 2. The molecule has 0 aliphatic carbocycles. The summed E-state index contributed by atoms with van der Waals surface area (Å²) in [6, 6.07) is 21.3. The van der Waals surface area contributed by atoms with E-state index in [1.54, 1.807) is 0 Å². The van der Waals surface area contributed by atoms with Gasteiger partial charge < -0.3 is 4.74 Å². The number of unbranched alkanes of at least 4 members (excludes halogenated alkanes) is 2. The monoisotopic (exact) mass is 282 g/mol. The quantitative estimate of drug-likeness (QED) is 0.585. The Balaban J connectivity index is 1.51. The summed E-state index contributed by atoms with van der Waals surface area (Å²) in [5.41, 5.74) is 2.80. The lowest BCUT2D eigenvalue weighted by molar-refractivity contribution is 0.0636. The fourth-order valence-electron chi connectivity index (χ4n) is 2.54. The molecule has 0 spiro atoms. The molecule has 0 aliphatic heterocycles. The molecular weight excluding hydrogens is 256 g/mol. The molecule has 0 fully saturated rings. The average Bonchev–Trinajstić information content (AvgIpc) is 2.53. The predicted molar refractivity (Wildman–Crippen MR) is 89.6 cm³/mol. The molecule has 0 bridgehead atoms. The molecule has 21 heavy (non-hydrogen) atoms. The van der Waals surface area contributed by atoms with E-state index in [1.165, 1.54) is 30.4 Å². The van der Waals surface area contributed by atoms with Gasteiger partial charge in [0, 0.05) is 6.61 Å². The van der Waals surface area contributed by atoms with Gasteiger partial charge in [0.2, 0.25) is 0 Å². The normalized spacial score (nSPS) is 12.2. The van der Waals surface area contributed by atoms with E-state index < -0.39 is 0 Å². The fraction of sp³-hybridized carbons (Fsp3) is 0.400. The van der Waals surface area contributed by atoms with E-state index in [9.17, 15) is 0 Å². The molecule has 0 aliphatic rings. The molecule has 112 valence electrons. The first kappa shape index (κ1) is 15.8. The molecule has 0 saturated heterocycles. The van der Waals surface area contributed by atoms with Crippen LogP contribution >= 0.6 is 0 Å². The molecule has 1 unspecified atom stereocenters. The van der Waals surface area contributed by atoms with Crippen molar-refractivity contribution in [3.63, 3.8) is 0 Å². The van der Waals surface area contributed by atoms with Gasteiger partial charge in [-0.25, -0.2) is 0 Å². The van der Waals surface area contributed by atoms with Crippen molar-refractivity contribution in [3.05, 3.63) is 71.8 Å². The summed E-state index contributed by atoms with van der Waals surface area (Å²) >= 11 is 0. The average molecular weight is 282 g/mol. The molecule has 1 nitrogen and oxygen atoms in total. The van der Waals surface area contributed by atoms with Gasteiger partial charge in [0.05, 0.1) is 6.10 Å². The van der Waals surface area contributed by atoms with E-state index in [1.807, 2.05) is 0 Å². The van der Waals surface area contributed by atoms with Crippen LogP contribution in [-0.2, 0) is 17.6 Å². The van der Waals surface area contributed by atoms with E-state index in [2.05, 4.69) is 67.6 Å². The maximum atomic E-state index is 5.90. The van der Waals surface area contributed by atoms with E-state index in [4.69, 9.17) is 4.74 Å². The topological polar surface area (TPSA) is 9.23 Å². The SMILES string of the molecule is CC(Cc1ccccc1)OCCCCCc1ccccc1. The van der Waals surface area contributed by atoms with Crippen LogP contribution in [0.3, 0.4) is 0 Å². The lowest BCUT2D eigenvalue weighted by atomic mass is 10.1. The molecule has 0 radical (unpaired) electrons. The third kappa shape index (κ3) is 6.59. The Morgan fingerprint density at radius 3 is 2.05 bits per heavy atom. The van der Waals surface area contributed by atoms with Crippen LogP contribution in [-0.4, -0.2) is 12.7 Å². The van der Waals surface area contributed by atoms with E-state index in [-0.39, 0.29) is 0 Å². The van der Waals surface area contributed by atoms with Crippen LogP contribution in [0, 0.1) is 0 Å². The van der Waals surface area contributed by atoms with Crippen molar-refractivity contribution < 1.29 is 4.74 Å². The minimum Gasteiger partial charge on any atom is -0.378 e. The molecule has 2 aromatic carbocycles. The Bertz CT molecular complexity index is 478. The number of hydrogen-bond donors (Lipinski definition) is 0. The van der Waals surface area contributed by atoms with E-state index in [0.717, 1.165) is 19.4 Å². The largest absolute Gasteiger partial charge is 0.378 e. The van der Waals surface area contributed by atoms with Gasteiger partial charge in [-0.15, -0.1) is 0 Å². The van der Waals surface area contributed by atoms with Crippen molar-refractivity contribution in [2.75, 3.05) is 6.61 Å². The van der Waals surface area contributed by atoms with Crippen LogP contribution in [0.15, 0.2) is 60.7 Å². The summed E-state index contributed by atoms with van der Waals surface area (Å²) in [5, 5.41) is 0. The number of ether oxygens (including phenoxy) is 1. The third-order valence-corrected chi connectivity index (χ3v) is 3.72. The predicted octanol–water partition coefficient (Wildman–Crippen LogP) is 5.05. The second-order valence-electron chi connectivity index (χ2n) is 5.67. The van der Waals surface area contributed by atoms with Crippen LogP contribution in [0.5, 0.6) is 0 Å². The molecule has 1 atom stereocenters. The first-order chi connectivity index (χ1) is 10.3. The van der Waals surface area contributed by atoms with Crippen molar-refractivity contribution in [3.8, 4) is 0 Å². The van der Waals surface area contributed by atoms with Crippen LogP contribution in [0.25, 0.3) is 0 Å². The van der Waals surface area contributed by atoms with Gasteiger partial charge in [-0.05, 0) is 43.7 Å². The highest BCUT2D eigenvalue weighted by Gasteiger charge is 2.03. The standard InChI is InChI=1S/C20H26O/c1-18(17-20-14-7-3-8-15-20)21-16-10-4-9-13-19-11-5-2-6-12-19/h2-3,5-8,11-12,14-15,18H,4,9-10,13,16-17H2,1H3. The Hall–Kier alpha value is -1.60. The second kappa shape index (κ2) is 9.36. The van der Waals surface area contributed by atoms with Crippen molar-refractivity contribution in [2.45, 2.75) is 45.1 Å². The molecule has 0 amide bonds. The Labute approximate surface area is 129 Å². The summed E-state index contributed by atoms with van der Waals surface area (Å²) in [4.78, 5) is 0.